The first-order valence-corrected chi connectivity index (χ1v) is 6.97. The molecule has 3 nitrogen and oxygen atoms in total. The largest absolute Gasteiger partial charge is 0.497 e. The van der Waals surface area contributed by atoms with Crippen LogP contribution in [0.3, 0.4) is 0 Å². The summed E-state index contributed by atoms with van der Waals surface area (Å²) in [6, 6.07) is 12.6. The maximum absolute atomic E-state index is 13.7. The molecule has 0 fully saturated rings. The summed E-state index contributed by atoms with van der Waals surface area (Å²) in [6.45, 7) is 0.645. The fraction of sp³-hybridized carbons (Fsp3) is 0.188. The summed E-state index contributed by atoms with van der Waals surface area (Å²) in [5, 5.41) is 3.17. The Morgan fingerprint density at radius 2 is 2.05 bits per heavy atom. The summed E-state index contributed by atoms with van der Waals surface area (Å²) >= 11 is 4.90. The van der Waals surface area contributed by atoms with E-state index in [1.54, 1.807) is 19.2 Å². The fourth-order valence-corrected chi connectivity index (χ4v) is 2.30. The van der Waals surface area contributed by atoms with Crippen LogP contribution < -0.4 is 15.8 Å². The third kappa shape index (κ3) is 3.92. The number of halogens is 1. The number of nitrogens with two attached hydrogens (primary N) is 1. The minimum Gasteiger partial charge on any atom is -0.497 e. The molecule has 3 N–H and O–H groups in total. The molecule has 110 valence electrons. The number of methoxy groups -OCH3 is 1. The lowest BCUT2D eigenvalue weighted by atomic mass is 10.1. The molecule has 21 heavy (non-hydrogen) atoms. The van der Waals surface area contributed by atoms with E-state index in [1.165, 1.54) is 6.07 Å². The molecule has 0 aliphatic carbocycles. The van der Waals surface area contributed by atoms with Gasteiger partial charge in [-0.3, -0.25) is 0 Å². The smallest absolute Gasteiger partial charge is 0.135 e. The maximum Gasteiger partial charge on any atom is 0.135 e. The average molecular weight is 304 g/mol. The zero-order valence-electron chi connectivity index (χ0n) is 11.7. The molecule has 5 heteroatoms. The number of thiocarbonyl (C=S) groups is 1. The monoisotopic (exact) mass is 304 g/mol. The van der Waals surface area contributed by atoms with Crippen molar-refractivity contribution in [1.82, 2.24) is 0 Å². The summed E-state index contributed by atoms with van der Waals surface area (Å²) in [4.78, 5) is 0.0528. The lowest BCUT2D eigenvalue weighted by Gasteiger charge is -2.12. The molecule has 0 aliphatic rings. The standard InChI is InChI=1S/C16H17FN2OS/c1-20-12-5-2-4-11(10-12)8-9-19-14-7-3-6-13(17)15(14)16(18)21/h2-7,10,19H,8-9H2,1H3,(H2,18,21). The first-order valence-electron chi connectivity index (χ1n) is 6.57. The van der Waals surface area contributed by atoms with Gasteiger partial charge in [0.2, 0.25) is 0 Å². The molecule has 0 saturated heterocycles. The Hall–Kier alpha value is -2.14. The van der Waals surface area contributed by atoms with Gasteiger partial charge in [0.15, 0.2) is 0 Å². The highest BCUT2D eigenvalue weighted by atomic mass is 32.1. The molecule has 0 amide bonds. The highest BCUT2D eigenvalue weighted by Crippen LogP contribution is 2.19. The molecule has 0 heterocycles. The van der Waals surface area contributed by atoms with Crippen molar-refractivity contribution in [1.29, 1.82) is 0 Å². The van der Waals surface area contributed by atoms with Gasteiger partial charge in [-0.25, -0.2) is 4.39 Å². The third-order valence-electron chi connectivity index (χ3n) is 3.12. The molecule has 0 atom stereocenters. The van der Waals surface area contributed by atoms with Gasteiger partial charge >= 0.3 is 0 Å². The van der Waals surface area contributed by atoms with E-state index in [-0.39, 0.29) is 10.6 Å². The highest BCUT2D eigenvalue weighted by molar-refractivity contribution is 7.80. The summed E-state index contributed by atoms with van der Waals surface area (Å²) in [6.07, 6.45) is 0.782. The van der Waals surface area contributed by atoms with E-state index in [0.29, 0.717) is 12.2 Å². The lowest BCUT2D eigenvalue weighted by Crippen LogP contribution is -2.16. The summed E-state index contributed by atoms with van der Waals surface area (Å²) < 4.78 is 18.9. The van der Waals surface area contributed by atoms with Gasteiger partial charge in [-0.05, 0) is 36.2 Å². The topological polar surface area (TPSA) is 47.3 Å². The first-order chi connectivity index (χ1) is 10.1. The van der Waals surface area contributed by atoms with Gasteiger partial charge in [0.25, 0.3) is 0 Å². The predicted octanol–water partition coefficient (Wildman–Crippen LogP) is 3.12. The minimum atomic E-state index is -0.408. The van der Waals surface area contributed by atoms with Crippen LogP contribution in [-0.4, -0.2) is 18.6 Å². The molecule has 0 radical (unpaired) electrons. The number of benzene rings is 2. The van der Waals surface area contributed by atoms with Crippen LogP contribution in [0.25, 0.3) is 0 Å². The number of rotatable bonds is 6. The van der Waals surface area contributed by atoms with Crippen LogP contribution in [-0.2, 0) is 6.42 Å². The van der Waals surface area contributed by atoms with Crippen LogP contribution in [0.15, 0.2) is 42.5 Å². The Morgan fingerprint density at radius 3 is 2.76 bits per heavy atom. The van der Waals surface area contributed by atoms with E-state index < -0.39 is 5.82 Å². The Balaban J connectivity index is 2.03. The Kier molecular flexibility index (Phi) is 5.11. The van der Waals surface area contributed by atoms with E-state index in [4.69, 9.17) is 22.7 Å². The van der Waals surface area contributed by atoms with Crippen molar-refractivity contribution >= 4 is 22.9 Å². The second kappa shape index (κ2) is 7.04. The minimum absolute atomic E-state index is 0.0528. The molecular formula is C16H17FN2OS. The van der Waals surface area contributed by atoms with Crippen LogP contribution in [0.5, 0.6) is 5.75 Å². The van der Waals surface area contributed by atoms with E-state index >= 15 is 0 Å². The van der Waals surface area contributed by atoms with Gasteiger partial charge in [-0.1, -0.05) is 30.4 Å². The summed E-state index contributed by atoms with van der Waals surface area (Å²) in [7, 11) is 1.64. The van der Waals surface area contributed by atoms with Gasteiger partial charge in [0, 0.05) is 12.2 Å². The van der Waals surface area contributed by atoms with Crippen molar-refractivity contribution in [3.05, 3.63) is 59.4 Å². The average Bonchev–Trinajstić information content (AvgIpc) is 2.47. The number of hydrogen-bond donors (Lipinski definition) is 2. The Morgan fingerprint density at radius 1 is 1.29 bits per heavy atom. The molecule has 0 aliphatic heterocycles. The fourth-order valence-electron chi connectivity index (χ4n) is 2.09. The van der Waals surface area contributed by atoms with Crippen molar-refractivity contribution in [3.63, 3.8) is 0 Å². The Bertz CT molecular complexity index is 646. The predicted molar refractivity (Wildman–Crippen MR) is 87.5 cm³/mol. The molecule has 2 aromatic rings. The van der Waals surface area contributed by atoms with Crippen molar-refractivity contribution < 1.29 is 9.13 Å². The van der Waals surface area contributed by atoms with Crippen LogP contribution in [0.4, 0.5) is 10.1 Å². The van der Waals surface area contributed by atoms with E-state index in [9.17, 15) is 4.39 Å². The lowest BCUT2D eigenvalue weighted by molar-refractivity contribution is 0.414. The van der Waals surface area contributed by atoms with Crippen LogP contribution >= 0.6 is 12.2 Å². The van der Waals surface area contributed by atoms with Crippen LogP contribution in [0.2, 0.25) is 0 Å². The molecule has 0 saturated carbocycles. The highest BCUT2D eigenvalue weighted by Gasteiger charge is 2.10. The number of nitrogens with one attached hydrogen (secondary N) is 1. The molecule has 2 aromatic carbocycles. The zero-order chi connectivity index (χ0) is 15.2. The number of ether oxygens (including phenoxy) is 1. The normalized spacial score (nSPS) is 10.2. The summed E-state index contributed by atoms with van der Waals surface area (Å²) in [5.41, 5.74) is 7.58. The van der Waals surface area contributed by atoms with Gasteiger partial charge in [-0.15, -0.1) is 0 Å². The van der Waals surface area contributed by atoms with Crippen molar-refractivity contribution in [2.75, 3.05) is 19.0 Å². The zero-order valence-corrected chi connectivity index (χ0v) is 12.5. The third-order valence-corrected chi connectivity index (χ3v) is 3.33. The van der Waals surface area contributed by atoms with Crippen LogP contribution in [0.1, 0.15) is 11.1 Å². The molecule has 2 rings (SSSR count). The second-order valence-corrected chi connectivity index (χ2v) is 4.99. The molecular weight excluding hydrogens is 287 g/mol. The molecule has 0 aromatic heterocycles. The second-order valence-electron chi connectivity index (χ2n) is 4.55. The van der Waals surface area contributed by atoms with Gasteiger partial charge in [-0.2, -0.15) is 0 Å². The van der Waals surface area contributed by atoms with E-state index in [1.807, 2.05) is 24.3 Å². The number of hydrogen-bond acceptors (Lipinski definition) is 3. The van der Waals surface area contributed by atoms with E-state index in [0.717, 1.165) is 17.7 Å². The van der Waals surface area contributed by atoms with Gasteiger partial charge < -0.3 is 15.8 Å². The van der Waals surface area contributed by atoms with Crippen molar-refractivity contribution in [2.24, 2.45) is 5.73 Å². The summed E-state index contributed by atoms with van der Waals surface area (Å²) in [5.74, 6) is 0.413. The van der Waals surface area contributed by atoms with Crippen LogP contribution in [0, 0.1) is 5.82 Å². The van der Waals surface area contributed by atoms with E-state index in [2.05, 4.69) is 5.32 Å². The molecule has 0 unspecified atom stereocenters. The quantitative estimate of drug-likeness (QED) is 0.805. The van der Waals surface area contributed by atoms with Crippen molar-refractivity contribution in [3.8, 4) is 5.75 Å². The maximum atomic E-state index is 13.7. The first kappa shape index (κ1) is 15.3. The van der Waals surface area contributed by atoms with Crippen molar-refractivity contribution in [2.45, 2.75) is 6.42 Å². The SMILES string of the molecule is COc1cccc(CCNc2cccc(F)c2C(N)=S)c1. The number of anilines is 1. The van der Waals surface area contributed by atoms with Gasteiger partial charge in [0.1, 0.15) is 16.6 Å². The molecule has 0 spiro atoms. The van der Waals surface area contributed by atoms with Gasteiger partial charge in [0.05, 0.1) is 12.7 Å². The Labute approximate surface area is 128 Å². The molecule has 0 bridgehead atoms.